The van der Waals surface area contributed by atoms with Crippen molar-refractivity contribution in [1.29, 1.82) is 0 Å². The van der Waals surface area contributed by atoms with Gasteiger partial charge in [-0.15, -0.1) is 0 Å². The first-order valence-electron chi connectivity index (χ1n) is 8.46. The number of sulfonamides is 1. The number of rotatable bonds is 3. The summed E-state index contributed by atoms with van der Waals surface area (Å²) in [4.78, 5) is 30.7. The Labute approximate surface area is 144 Å². The number of nitrogens with zero attached hydrogens (tertiary/aromatic N) is 2. The molecule has 25 heavy (non-hydrogen) atoms. The van der Waals surface area contributed by atoms with Crippen LogP contribution < -0.4 is 5.69 Å². The Hall–Kier alpha value is -2.13. The fraction of sp³-hybridized carbons (Fsp3) is 0.500. The maximum absolute atomic E-state index is 12.8. The van der Waals surface area contributed by atoms with E-state index in [2.05, 4.69) is 9.97 Å². The highest BCUT2D eigenvalue weighted by molar-refractivity contribution is 7.89. The fourth-order valence-electron chi connectivity index (χ4n) is 3.38. The molecule has 2 aliphatic rings. The smallest absolute Gasteiger partial charge is 0.323 e. The van der Waals surface area contributed by atoms with Crippen molar-refractivity contribution in [1.82, 2.24) is 19.2 Å². The molecule has 1 aliphatic carbocycles. The molecule has 0 spiro atoms. The van der Waals surface area contributed by atoms with Crippen LogP contribution in [0.4, 0.5) is 0 Å². The molecule has 2 heterocycles. The Morgan fingerprint density at radius 1 is 1.04 bits per heavy atom. The van der Waals surface area contributed by atoms with Crippen LogP contribution in [-0.4, -0.2) is 59.7 Å². The summed E-state index contributed by atoms with van der Waals surface area (Å²) in [6.07, 6.45) is 3.01. The van der Waals surface area contributed by atoms with E-state index in [1.54, 1.807) is 11.0 Å². The summed E-state index contributed by atoms with van der Waals surface area (Å²) in [6, 6.07) is 4.54. The minimum absolute atomic E-state index is 0.135. The van der Waals surface area contributed by atoms with Gasteiger partial charge in [0.05, 0.1) is 15.9 Å². The van der Waals surface area contributed by atoms with Gasteiger partial charge in [-0.1, -0.05) is 6.42 Å². The average Bonchev–Trinajstić information content (AvgIpc) is 2.92. The summed E-state index contributed by atoms with van der Waals surface area (Å²) in [5, 5.41) is 0. The van der Waals surface area contributed by atoms with Crippen molar-refractivity contribution in [3.63, 3.8) is 0 Å². The molecule has 1 saturated carbocycles. The maximum Gasteiger partial charge on any atom is 0.323 e. The van der Waals surface area contributed by atoms with Gasteiger partial charge in [-0.05, 0) is 31.0 Å². The second-order valence-electron chi connectivity index (χ2n) is 6.64. The lowest BCUT2D eigenvalue weighted by atomic mass is 9.84. The molecule has 2 fully saturated rings. The summed E-state index contributed by atoms with van der Waals surface area (Å²) in [5.74, 6) is 0.297. The fourth-order valence-corrected chi connectivity index (χ4v) is 4.83. The standard InChI is InChI=1S/C16H20N4O4S/c21-15(11-2-1-3-11)19-6-8-20(9-7-19)25(23,24)12-4-5-13-14(10-12)18-16(22)17-13/h4-5,10-11H,1-3,6-9H2,(H2,17,18,22). The lowest BCUT2D eigenvalue weighted by molar-refractivity contribution is -0.139. The van der Waals surface area contributed by atoms with Crippen molar-refractivity contribution in [3.8, 4) is 0 Å². The summed E-state index contributed by atoms with van der Waals surface area (Å²) in [7, 11) is -3.65. The summed E-state index contributed by atoms with van der Waals surface area (Å²) < 4.78 is 27.1. The first kappa shape index (κ1) is 16.3. The van der Waals surface area contributed by atoms with E-state index in [-0.39, 0.29) is 22.4 Å². The third-order valence-electron chi connectivity index (χ3n) is 5.13. The van der Waals surface area contributed by atoms with Gasteiger partial charge in [0.1, 0.15) is 0 Å². The van der Waals surface area contributed by atoms with Crippen molar-refractivity contribution < 1.29 is 13.2 Å². The van der Waals surface area contributed by atoms with E-state index >= 15 is 0 Å². The first-order valence-corrected chi connectivity index (χ1v) is 9.90. The number of benzene rings is 1. The molecule has 2 N–H and O–H groups in total. The van der Waals surface area contributed by atoms with Crippen LogP contribution in [0.25, 0.3) is 11.0 Å². The molecular weight excluding hydrogens is 344 g/mol. The molecule has 2 aromatic rings. The number of aromatic nitrogens is 2. The maximum atomic E-state index is 12.8. The SMILES string of the molecule is O=C(C1CCC1)N1CCN(S(=O)(=O)c2ccc3[nH]c(=O)[nH]c3c2)CC1. The van der Waals surface area contributed by atoms with Crippen LogP contribution in [0.5, 0.6) is 0 Å². The van der Waals surface area contributed by atoms with Gasteiger partial charge in [0.25, 0.3) is 0 Å². The van der Waals surface area contributed by atoms with Gasteiger partial charge in [0.15, 0.2) is 0 Å². The minimum atomic E-state index is -3.65. The van der Waals surface area contributed by atoms with Gasteiger partial charge in [-0.2, -0.15) is 4.31 Å². The lowest BCUT2D eigenvalue weighted by Crippen LogP contribution is -2.52. The summed E-state index contributed by atoms with van der Waals surface area (Å²) >= 11 is 0. The van der Waals surface area contributed by atoms with E-state index in [0.29, 0.717) is 37.2 Å². The predicted molar refractivity (Wildman–Crippen MR) is 91.6 cm³/mol. The van der Waals surface area contributed by atoms with Gasteiger partial charge in [-0.25, -0.2) is 13.2 Å². The quantitative estimate of drug-likeness (QED) is 0.826. The van der Waals surface area contributed by atoms with Gasteiger partial charge in [0.2, 0.25) is 15.9 Å². The molecule has 0 radical (unpaired) electrons. The van der Waals surface area contributed by atoms with Crippen LogP contribution >= 0.6 is 0 Å². The van der Waals surface area contributed by atoms with Gasteiger partial charge < -0.3 is 14.9 Å². The van der Waals surface area contributed by atoms with E-state index < -0.39 is 10.0 Å². The Morgan fingerprint density at radius 2 is 1.72 bits per heavy atom. The third-order valence-corrected chi connectivity index (χ3v) is 7.02. The number of carbonyl (C=O) groups is 1. The van der Waals surface area contributed by atoms with Crippen LogP contribution in [0.1, 0.15) is 19.3 Å². The second-order valence-corrected chi connectivity index (χ2v) is 8.58. The normalized spacial score (nSPS) is 19.9. The van der Waals surface area contributed by atoms with Crippen molar-refractivity contribution in [2.24, 2.45) is 5.92 Å². The van der Waals surface area contributed by atoms with E-state index in [1.165, 1.54) is 16.4 Å². The molecule has 134 valence electrons. The van der Waals surface area contributed by atoms with Crippen LogP contribution in [0, 0.1) is 5.92 Å². The highest BCUT2D eigenvalue weighted by Crippen LogP contribution is 2.29. The van der Waals surface area contributed by atoms with Crippen molar-refractivity contribution in [2.75, 3.05) is 26.2 Å². The number of fused-ring (bicyclic) bond motifs is 1. The minimum Gasteiger partial charge on any atom is -0.340 e. The number of piperazine rings is 1. The number of aromatic amines is 2. The van der Waals surface area contributed by atoms with E-state index in [4.69, 9.17) is 0 Å². The predicted octanol–water partition coefficient (Wildman–Crippen LogP) is 0.489. The van der Waals surface area contributed by atoms with Crippen LogP contribution in [0.2, 0.25) is 0 Å². The number of H-pyrrole nitrogens is 2. The molecule has 1 aliphatic heterocycles. The Kier molecular flexibility index (Phi) is 3.92. The van der Waals surface area contributed by atoms with Gasteiger partial charge >= 0.3 is 5.69 Å². The molecule has 0 unspecified atom stereocenters. The molecule has 1 aromatic heterocycles. The Bertz CT molecular complexity index is 965. The molecular formula is C16H20N4O4S. The topological polar surface area (TPSA) is 106 Å². The molecule has 9 heteroatoms. The van der Waals surface area contributed by atoms with Crippen molar-refractivity contribution in [3.05, 3.63) is 28.7 Å². The molecule has 1 saturated heterocycles. The summed E-state index contributed by atoms with van der Waals surface area (Å²) in [6.45, 7) is 1.45. The highest BCUT2D eigenvalue weighted by atomic mass is 32.2. The molecule has 4 rings (SSSR count). The largest absolute Gasteiger partial charge is 0.340 e. The lowest BCUT2D eigenvalue weighted by Gasteiger charge is -2.37. The van der Waals surface area contributed by atoms with Crippen molar-refractivity contribution in [2.45, 2.75) is 24.2 Å². The Balaban J connectivity index is 1.50. The summed E-state index contributed by atoms with van der Waals surface area (Å²) in [5.41, 5.74) is 0.664. The molecule has 0 bridgehead atoms. The van der Waals surface area contributed by atoms with E-state index in [1.807, 2.05) is 0 Å². The highest BCUT2D eigenvalue weighted by Gasteiger charge is 2.34. The molecule has 8 nitrogen and oxygen atoms in total. The van der Waals surface area contributed by atoms with Crippen LogP contribution in [-0.2, 0) is 14.8 Å². The zero-order valence-electron chi connectivity index (χ0n) is 13.7. The number of amides is 1. The molecule has 0 atom stereocenters. The van der Waals surface area contributed by atoms with Gasteiger partial charge in [-0.3, -0.25) is 4.79 Å². The first-order chi connectivity index (χ1) is 11.9. The van der Waals surface area contributed by atoms with E-state index in [9.17, 15) is 18.0 Å². The molecule has 1 aromatic carbocycles. The van der Waals surface area contributed by atoms with Crippen LogP contribution in [0.15, 0.2) is 27.9 Å². The molecule has 1 amide bonds. The zero-order valence-corrected chi connectivity index (χ0v) is 14.5. The number of hydrogen-bond donors (Lipinski definition) is 2. The Morgan fingerprint density at radius 3 is 2.36 bits per heavy atom. The zero-order chi connectivity index (χ0) is 17.6. The number of imidazole rings is 1. The van der Waals surface area contributed by atoms with Crippen LogP contribution in [0.3, 0.4) is 0 Å². The van der Waals surface area contributed by atoms with Crippen molar-refractivity contribution >= 4 is 27.0 Å². The third kappa shape index (κ3) is 2.87. The van der Waals surface area contributed by atoms with E-state index in [0.717, 1.165) is 19.3 Å². The number of hydrogen-bond acceptors (Lipinski definition) is 4. The number of carbonyl (C=O) groups excluding carboxylic acids is 1. The number of nitrogens with one attached hydrogen (secondary N) is 2. The second kappa shape index (κ2) is 5.99. The average molecular weight is 364 g/mol. The monoisotopic (exact) mass is 364 g/mol. The van der Waals surface area contributed by atoms with Gasteiger partial charge in [0, 0.05) is 32.1 Å².